The third-order valence-electron chi connectivity index (χ3n) is 4.98. The lowest BCUT2D eigenvalue weighted by Gasteiger charge is -2.33. The molecule has 146 valence electrons. The zero-order valence-corrected chi connectivity index (χ0v) is 15.8. The van der Waals surface area contributed by atoms with Gasteiger partial charge in [-0.15, -0.1) is 0 Å². The molecule has 8 nitrogen and oxygen atoms in total. The lowest BCUT2D eigenvalue weighted by atomic mass is 10.2. The molecule has 0 bridgehead atoms. The van der Waals surface area contributed by atoms with Crippen LogP contribution in [0.1, 0.15) is 20.3 Å². The fourth-order valence-corrected chi connectivity index (χ4v) is 3.62. The minimum Gasteiger partial charge on any atom is -0.494 e. The van der Waals surface area contributed by atoms with E-state index < -0.39 is 6.04 Å². The molecule has 0 spiro atoms. The van der Waals surface area contributed by atoms with Gasteiger partial charge < -0.3 is 14.4 Å². The number of nitrogens with zero attached hydrogens (tertiary/aromatic N) is 2. The van der Waals surface area contributed by atoms with Gasteiger partial charge in [0, 0.05) is 0 Å². The van der Waals surface area contributed by atoms with Crippen LogP contribution in [-0.2, 0) is 14.3 Å². The Hall–Kier alpha value is -2.61. The minimum atomic E-state index is -0.395. The molecule has 2 fully saturated rings. The number of rotatable bonds is 5. The van der Waals surface area contributed by atoms with Crippen molar-refractivity contribution in [2.45, 2.75) is 26.3 Å². The summed E-state index contributed by atoms with van der Waals surface area (Å²) in [6.07, 6.45) is -0.123. The number of carbonyl (C=O) groups is 3. The van der Waals surface area contributed by atoms with Crippen LogP contribution in [0, 0.1) is 0 Å². The normalized spacial score (nSPS) is 20.9. The number of hydrogen-bond acceptors (Lipinski definition) is 5. The van der Waals surface area contributed by atoms with Crippen LogP contribution in [0.2, 0.25) is 0 Å². The first-order chi connectivity index (χ1) is 13.0. The zero-order chi connectivity index (χ0) is 19.4. The van der Waals surface area contributed by atoms with Crippen molar-refractivity contribution >= 4 is 23.6 Å². The molecule has 2 aliphatic rings. The highest BCUT2D eigenvalue weighted by molar-refractivity contribution is 6.21. The number of carbonyl (C=O) groups excluding carboxylic acids is 3. The molecular formula is C19H26N3O5+. The van der Waals surface area contributed by atoms with Gasteiger partial charge in [0.15, 0.2) is 6.04 Å². The molecule has 1 aromatic rings. The molecule has 0 radical (unpaired) electrons. The number of piperazine rings is 1. The Bertz CT molecular complexity index is 698. The summed E-state index contributed by atoms with van der Waals surface area (Å²) in [5.74, 6) is 0.343. The Kier molecular flexibility index (Phi) is 5.95. The van der Waals surface area contributed by atoms with Crippen molar-refractivity contribution < 1.29 is 28.8 Å². The molecule has 0 saturated carbocycles. The average molecular weight is 376 g/mol. The first kappa shape index (κ1) is 19.2. The van der Waals surface area contributed by atoms with E-state index >= 15 is 0 Å². The van der Waals surface area contributed by atoms with E-state index in [1.807, 2.05) is 6.92 Å². The summed E-state index contributed by atoms with van der Waals surface area (Å²) in [5, 5.41) is 0. The highest BCUT2D eigenvalue weighted by Crippen LogP contribution is 2.24. The van der Waals surface area contributed by atoms with Gasteiger partial charge in [0.25, 0.3) is 5.91 Å². The maximum absolute atomic E-state index is 12.9. The maximum Gasteiger partial charge on any atom is 0.410 e. The van der Waals surface area contributed by atoms with E-state index in [0.717, 1.165) is 4.90 Å². The van der Waals surface area contributed by atoms with Crippen LogP contribution >= 0.6 is 0 Å². The van der Waals surface area contributed by atoms with E-state index in [0.29, 0.717) is 50.8 Å². The fourth-order valence-electron chi connectivity index (χ4n) is 3.62. The van der Waals surface area contributed by atoms with Crippen molar-refractivity contribution in [2.24, 2.45) is 0 Å². The summed E-state index contributed by atoms with van der Waals surface area (Å²) in [4.78, 5) is 41.1. The van der Waals surface area contributed by atoms with Crippen molar-refractivity contribution in [2.75, 3.05) is 44.3 Å². The first-order valence-electron chi connectivity index (χ1n) is 9.41. The van der Waals surface area contributed by atoms with Crippen molar-refractivity contribution in [3.63, 3.8) is 0 Å². The largest absolute Gasteiger partial charge is 0.494 e. The molecule has 0 unspecified atom stereocenters. The van der Waals surface area contributed by atoms with Gasteiger partial charge in [-0.1, -0.05) is 0 Å². The van der Waals surface area contributed by atoms with Crippen LogP contribution in [0.4, 0.5) is 10.5 Å². The number of ether oxygens (including phenoxy) is 2. The molecule has 3 amide bonds. The van der Waals surface area contributed by atoms with Crippen LogP contribution < -0.4 is 14.5 Å². The van der Waals surface area contributed by atoms with Gasteiger partial charge in [-0.2, -0.15) is 0 Å². The molecule has 0 aliphatic carbocycles. The number of amides is 3. The van der Waals surface area contributed by atoms with Gasteiger partial charge in [0.05, 0.1) is 51.5 Å². The molecule has 27 heavy (non-hydrogen) atoms. The predicted molar refractivity (Wildman–Crippen MR) is 97.8 cm³/mol. The topological polar surface area (TPSA) is 80.6 Å². The Morgan fingerprint density at radius 2 is 1.78 bits per heavy atom. The van der Waals surface area contributed by atoms with Crippen LogP contribution in [0.15, 0.2) is 24.3 Å². The SMILES string of the molecule is CCOC(=O)N1CC[NH+]([C@H]2CC(=O)N(c3ccc(OCC)cc3)C2=O)CC1. The second-order valence-corrected chi connectivity index (χ2v) is 6.60. The standard InChI is InChI=1S/C19H25N3O5/c1-3-26-15-7-5-14(6-8-15)22-17(23)13-16(18(22)24)20-9-11-21(12-10-20)19(25)27-4-2/h5-8,16H,3-4,9-13H2,1-2H3/p+1/t16-/m0/s1. The Labute approximate surface area is 158 Å². The van der Waals surface area contributed by atoms with Gasteiger partial charge in [-0.3, -0.25) is 14.5 Å². The van der Waals surface area contributed by atoms with Crippen LogP contribution in [0.3, 0.4) is 0 Å². The van der Waals surface area contributed by atoms with E-state index in [1.165, 1.54) is 4.90 Å². The van der Waals surface area contributed by atoms with E-state index in [4.69, 9.17) is 9.47 Å². The van der Waals surface area contributed by atoms with Crippen molar-refractivity contribution in [1.29, 1.82) is 0 Å². The fraction of sp³-hybridized carbons (Fsp3) is 0.526. The highest BCUT2D eigenvalue weighted by Gasteiger charge is 2.46. The van der Waals surface area contributed by atoms with Crippen molar-refractivity contribution in [3.8, 4) is 5.75 Å². The number of anilines is 1. The number of quaternary nitrogens is 1. The van der Waals surface area contributed by atoms with E-state index in [2.05, 4.69) is 0 Å². The van der Waals surface area contributed by atoms with Crippen molar-refractivity contribution in [1.82, 2.24) is 4.90 Å². The van der Waals surface area contributed by atoms with Gasteiger partial charge in [0.2, 0.25) is 5.91 Å². The van der Waals surface area contributed by atoms with E-state index in [1.54, 1.807) is 36.1 Å². The summed E-state index contributed by atoms with van der Waals surface area (Å²) < 4.78 is 10.4. The number of nitrogens with one attached hydrogen (secondary N) is 1. The van der Waals surface area contributed by atoms with Crippen LogP contribution in [0.25, 0.3) is 0 Å². The molecule has 0 aromatic heterocycles. The lowest BCUT2D eigenvalue weighted by Crippen LogP contribution is -3.19. The molecule has 2 saturated heterocycles. The Balaban J connectivity index is 1.63. The van der Waals surface area contributed by atoms with Crippen LogP contribution in [-0.4, -0.2) is 68.2 Å². The quantitative estimate of drug-likeness (QED) is 0.736. The molecule has 3 rings (SSSR count). The highest BCUT2D eigenvalue weighted by atomic mass is 16.6. The summed E-state index contributed by atoms with van der Waals surface area (Å²) in [6.45, 7) is 6.88. The lowest BCUT2D eigenvalue weighted by molar-refractivity contribution is -0.918. The van der Waals surface area contributed by atoms with Crippen LogP contribution in [0.5, 0.6) is 5.75 Å². The molecule has 8 heteroatoms. The summed E-state index contributed by atoms with van der Waals surface area (Å²) >= 11 is 0. The smallest absolute Gasteiger partial charge is 0.410 e. The monoisotopic (exact) mass is 376 g/mol. The van der Waals surface area contributed by atoms with E-state index in [9.17, 15) is 14.4 Å². The zero-order valence-electron chi connectivity index (χ0n) is 15.8. The van der Waals surface area contributed by atoms with Gasteiger partial charge in [-0.25, -0.2) is 9.69 Å². The molecule has 1 aromatic carbocycles. The summed E-state index contributed by atoms with van der Waals surface area (Å²) in [7, 11) is 0. The number of hydrogen-bond donors (Lipinski definition) is 1. The third kappa shape index (κ3) is 4.05. The molecular weight excluding hydrogens is 350 g/mol. The molecule has 1 atom stereocenters. The third-order valence-corrected chi connectivity index (χ3v) is 4.98. The van der Waals surface area contributed by atoms with Gasteiger partial charge in [0.1, 0.15) is 5.75 Å². The maximum atomic E-state index is 12.9. The average Bonchev–Trinajstić information content (AvgIpc) is 2.97. The minimum absolute atomic E-state index is 0.177. The van der Waals surface area contributed by atoms with Gasteiger partial charge >= 0.3 is 6.09 Å². The first-order valence-corrected chi connectivity index (χ1v) is 9.41. The number of benzene rings is 1. The second kappa shape index (κ2) is 8.39. The Morgan fingerprint density at radius 3 is 2.37 bits per heavy atom. The summed E-state index contributed by atoms with van der Waals surface area (Å²) in [6, 6.07) is 6.59. The molecule has 2 aliphatic heterocycles. The summed E-state index contributed by atoms with van der Waals surface area (Å²) in [5.41, 5.74) is 0.570. The van der Waals surface area contributed by atoms with Crippen molar-refractivity contribution in [3.05, 3.63) is 24.3 Å². The number of imide groups is 1. The second-order valence-electron chi connectivity index (χ2n) is 6.60. The Morgan fingerprint density at radius 1 is 1.11 bits per heavy atom. The van der Waals surface area contributed by atoms with Gasteiger partial charge in [-0.05, 0) is 38.1 Å². The predicted octanol–water partition coefficient (Wildman–Crippen LogP) is 0.0742. The van der Waals surface area contributed by atoms with E-state index in [-0.39, 0.29) is 24.3 Å². The molecule has 2 heterocycles. The molecule has 1 N–H and O–H groups in total.